The smallest absolute Gasteiger partial charge is 0.254 e. The van der Waals surface area contributed by atoms with Crippen LogP contribution in [0.4, 0.5) is 0 Å². The van der Waals surface area contributed by atoms with E-state index >= 15 is 0 Å². The number of rotatable bonds is 10. The number of furan rings is 1. The van der Waals surface area contributed by atoms with Crippen molar-refractivity contribution in [3.8, 4) is 11.5 Å². The molecule has 1 saturated heterocycles. The van der Waals surface area contributed by atoms with Gasteiger partial charge >= 0.3 is 0 Å². The predicted octanol–water partition coefficient (Wildman–Crippen LogP) is 3.97. The first-order chi connectivity index (χ1) is 18.9. The minimum atomic E-state index is -0.240. The van der Waals surface area contributed by atoms with Crippen molar-refractivity contribution in [2.45, 2.75) is 20.0 Å². The zero-order valence-electron chi connectivity index (χ0n) is 21.9. The maximum Gasteiger partial charge on any atom is 0.254 e. The number of hydrogen-bond acceptors (Lipinski definition) is 7. The van der Waals surface area contributed by atoms with Gasteiger partial charge in [0.25, 0.3) is 5.91 Å². The SMILES string of the molecule is Cc1ccc(CN(Cc2ccc3c(c2)OCO3)C(=O)CN(CCN2CCOCC2)C(=O)c2cccc(Cl)c2)o1. The van der Waals surface area contributed by atoms with Gasteiger partial charge in [-0.25, -0.2) is 0 Å². The molecule has 1 aromatic heterocycles. The lowest BCUT2D eigenvalue weighted by molar-refractivity contribution is -0.133. The second-order valence-electron chi connectivity index (χ2n) is 9.64. The molecule has 9 nitrogen and oxygen atoms in total. The Kier molecular flexibility index (Phi) is 8.71. The second-order valence-corrected chi connectivity index (χ2v) is 10.1. The maximum absolute atomic E-state index is 13.8. The lowest BCUT2D eigenvalue weighted by atomic mass is 10.1. The molecule has 10 heteroatoms. The topological polar surface area (TPSA) is 84.7 Å². The fourth-order valence-corrected chi connectivity index (χ4v) is 4.85. The number of morpholine rings is 1. The molecule has 0 bridgehead atoms. The summed E-state index contributed by atoms with van der Waals surface area (Å²) in [5, 5.41) is 0.470. The minimum Gasteiger partial charge on any atom is -0.464 e. The maximum atomic E-state index is 13.8. The number of aryl methyl sites for hydroxylation is 1. The number of hydrogen-bond donors (Lipinski definition) is 0. The third-order valence-corrected chi connectivity index (χ3v) is 7.02. The quantitative estimate of drug-likeness (QED) is 0.375. The fourth-order valence-electron chi connectivity index (χ4n) is 4.66. The van der Waals surface area contributed by atoms with Crippen LogP contribution in [0.3, 0.4) is 0 Å². The van der Waals surface area contributed by atoms with Crippen molar-refractivity contribution in [2.24, 2.45) is 0 Å². The van der Waals surface area contributed by atoms with Crippen LogP contribution in [0.25, 0.3) is 0 Å². The van der Waals surface area contributed by atoms with E-state index in [1.54, 1.807) is 34.1 Å². The largest absolute Gasteiger partial charge is 0.464 e. The molecule has 3 aromatic rings. The summed E-state index contributed by atoms with van der Waals surface area (Å²) in [5.74, 6) is 2.33. The Labute approximate surface area is 232 Å². The third kappa shape index (κ3) is 7.11. The average Bonchev–Trinajstić information content (AvgIpc) is 3.58. The van der Waals surface area contributed by atoms with Crippen molar-refractivity contribution in [3.05, 3.63) is 82.3 Å². The molecule has 0 atom stereocenters. The van der Waals surface area contributed by atoms with Crippen LogP contribution in [0.5, 0.6) is 11.5 Å². The summed E-state index contributed by atoms with van der Waals surface area (Å²) in [6.45, 7) is 6.49. The van der Waals surface area contributed by atoms with E-state index in [0.29, 0.717) is 60.7 Å². The Balaban J connectivity index is 1.35. The van der Waals surface area contributed by atoms with Gasteiger partial charge in [-0.1, -0.05) is 23.7 Å². The molecular weight excluding hydrogens is 522 g/mol. The Morgan fingerprint density at radius 2 is 1.77 bits per heavy atom. The van der Waals surface area contributed by atoms with E-state index in [4.69, 9.17) is 30.2 Å². The van der Waals surface area contributed by atoms with E-state index in [1.165, 1.54) is 0 Å². The molecule has 206 valence electrons. The highest BCUT2D eigenvalue weighted by Gasteiger charge is 2.25. The van der Waals surface area contributed by atoms with Crippen molar-refractivity contribution >= 4 is 23.4 Å². The van der Waals surface area contributed by atoms with E-state index in [9.17, 15) is 9.59 Å². The molecule has 0 saturated carbocycles. The van der Waals surface area contributed by atoms with Gasteiger partial charge in [-0.15, -0.1) is 0 Å². The number of carbonyl (C=O) groups excluding carboxylic acids is 2. The van der Waals surface area contributed by atoms with Crippen molar-refractivity contribution in [1.82, 2.24) is 14.7 Å². The summed E-state index contributed by atoms with van der Waals surface area (Å²) in [6.07, 6.45) is 0. The van der Waals surface area contributed by atoms with Gasteiger partial charge in [0, 0.05) is 43.3 Å². The number of benzene rings is 2. The molecular formula is C29H32ClN3O6. The number of ether oxygens (including phenoxy) is 3. The summed E-state index contributed by atoms with van der Waals surface area (Å²) in [4.78, 5) is 32.9. The van der Waals surface area contributed by atoms with Crippen LogP contribution in [0, 0.1) is 6.92 Å². The molecule has 0 radical (unpaired) electrons. The minimum absolute atomic E-state index is 0.0834. The summed E-state index contributed by atoms with van der Waals surface area (Å²) in [5.41, 5.74) is 1.33. The van der Waals surface area contributed by atoms with Crippen LogP contribution in [-0.2, 0) is 22.6 Å². The first-order valence-electron chi connectivity index (χ1n) is 13.0. The van der Waals surface area contributed by atoms with Crippen molar-refractivity contribution in [2.75, 3.05) is 52.7 Å². The van der Waals surface area contributed by atoms with Crippen LogP contribution in [0.1, 0.15) is 27.4 Å². The van der Waals surface area contributed by atoms with Crippen molar-refractivity contribution < 1.29 is 28.2 Å². The van der Waals surface area contributed by atoms with Gasteiger partial charge in [0.15, 0.2) is 11.5 Å². The Bertz CT molecular complexity index is 1310. The zero-order chi connectivity index (χ0) is 27.2. The lowest BCUT2D eigenvalue weighted by Crippen LogP contribution is -2.47. The van der Waals surface area contributed by atoms with Gasteiger partial charge in [-0.3, -0.25) is 14.5 Å². The molecule has 0 unspecified atom stereocenters. The Hall–Kier alpha value is -3.53. The predicted molar refractivity (Wildman–Crippen MR) is 145 cm³/mol. The fraction of sp³-hybridized carbons (Fsp3) is 0.379. The normalized spacial score (nSPS) is 14.8. The Morgan fingerprint density at radius 3 is 2.54 bits per heavy atom. The number of halogens is 1. The molecule has 2 aromatic carbocycles. The number of nitrogens with zero attached hydrogens (tertiary/aromatic N) is 3. The molecule has 2 aliphatic rings. The van der Waals surface area contributed by atoms with E-state index in [-0.39, 0.29) is 31.7 Å². The first kappa shape index (κ1) is 27.1. The van der Waals surface area contributed by atoms with Crippen LogP contribution >= 0.6 is 11.6 Å². The summed E-state index contributed by atoms with van der Waals surface area (Å²) < 4.78 is 22.2. The highest BCUT2D eigenvalue weighted by molar-refractivity contribution is 6.31. The lowest BCUT2D eigenvalue weighted by Gasteiger charge is -2.31. The first-order valence-corrected chi connectivity index (χ1v) is 13.4. The molecule has 0 spiro atoms. The van der Waals surface area contributed by atoms with Gasteiger partial charge in [0.05, 0.1) is 19.8 Å². The third-order valence-electron chi connectivity index (χ3n) is 6.78. The monoisotopic (exact) mass is 553 g/mol. The molecule has 2 amide bonds. The second kappa shape index (κ2) is 12.5. The van der Waals surface area contributed by atoms with E-state index in [2.05, 4.69) is 4.90 Å². The highest BCUT2D eigenvalue weighted by Crippen LogP contribution is 2.33. The highest BCUT2D eigenvalue weighted by atomic mass is 35.5. The summed E-state index contributed by atoms with van der Waals surface area (Å²) >= 11 is 6.17. The van der Waals surface area contributed by atoms with E-state index < -0.39 is 0 Å². The van der Waals surface area contributed by atoms with Gasteiger partial charge in [0.2, 0.25) is 12.7 Å². The van der Waals surface area contributed by atoms with Crippen LogP contribution in [0.15, 0.2) is 59.0 Å². The summed E-state index contributed by atoms with van der Waals surface area (Å²) in [6, 6.07) is 16.2. The van der Waals surface area contributed by atoms with Gasteiger partial charge in [-0.2, -0.15) is 0 Å². The van der Waals surface area contributed by atoms with Crippen molar-refractivity contribution in [1.29, 1.82) is 0 Å². The Morgan fingerprint density at radius 1 is 0.949 bits per heavy atom. The summed E-state index contributed by atoms with van der Waals surface area (Å²) in [7, 11) is 0. The van der Waals surface area contributed by atoms with E-state index in [0.717, 1.165) is 24.4 Å². The zero-order valence-corrected chi connectivity index (χ0v) is 22.7. The molecule has 5 rings (SSSR count). The standard InChI is InChI=1S/C29H32ClN3O6/c1-21-5-7-25(39-21)18-33(17-22-6-8-26-27(15-22)38-20-37-26)28(34)19-32(10-9-31-11-13-36-14-12-31)29(35)23-3-2-4-24(30)16-23/h2-8,15-16H,9-14,17-20H2,1H3. The molecule has 1 fully saturated rings. The number of carbonyl (C=O) groups is 2. The van der Waals surface area contributed by atoms with Gasteiger partial charge in [0.1, 0.15) is 18.1 Å². The molecule has 39 heavy (non-hydrogen) atoms. The molecule has 2 aliphatic heterocycles. The van der Waals surface area contributed by atoms with Crippen molar-refractivity contribution in [3.63, 3.8) is 0 Å². The van der Waals surface area contributed by atoms with Crippen LogP contribution in [-0.4, -0.2) is 79.2 Å². The number of fused-ring (bicyclic) bond motifs is 1. The van der Waals surface area contributed by atoms with E-state index in [1.807, 2.05) is 37.3 Å². The number of amides is 2. The van der Waals surface area contributed by atoms with Gasteiger partial charge in [-0.05, 0) is 55.0 Å². The molecule has 3 heterocycles. The van der Waals surface area contributed by atoms with Gasteiger partial charge < -0.3 is 28.4 Å². The molecule has 0 aliphatic carbocycles. The van der Waals surface area contributed by atoms with Crippen LogP contribution in [0.2, 0.25) is 5.02 Å². The average molecular weight is 554 g/mol. The molecule has 0 N–H and O–H groups in total. The van der Waals surface area contributed by atoms with Crippen LogP contribution < -0.4 is 9.47 Å².